The topological polar surface area (TPSA) is 61.0 Å². The molecule has 41 valence electrons. The molecule has 1 rings (SSSR count). The molecule has 8 heavy (non-hydrogen) atoms. The van der Waals surface area contributed by atoms with Crippen LogP contribution in [0, 0.1) is 16.3 Å². The van der Waals surface area contributed by atoms with E-state index in [-0.39, 0.29) is 0 Å². The highest BCUT2D eigenvalue weighted by Gasteiger charge is 1.95. The molecule has 0 aromatic carbocycles. The minimum Gasteiger partial charge on any atom is -0.339 e. The predicted molar refractivity (Wildman–Crippen MR) is 23.5 cm³/mol. The average Bonchev–Trinajstić information content (AvgIpc) is 2.12. The molecule has 1 heterocycles. The summed E-state index contributed by atoms with van der Waals surface area (Å²) in [5, 5.41) is 12.3. The van der Waals surface area contributed by atoms with E-state index < -0.39 is 5.03 Å². The van der Waals surface area contributed by atoms with E-state index in [0.29, 0.717) is 4.79 Å². The van der Waals surface area contributed by atoms with E-state index in [9.17, 15) is 10.1 Å². The molecule has 0 amide bonds. The van der Waals surface area contributed by atoms with Crippen LogP contribution in [0.1, 0.15) is 0 Å². The fourth-order valence-corrected chi connectivity index (χ4v) is 0.319. The first-order valence-electron chi connectivity index (χ1n) is 1.87. The Morgan fingerprint density at radius 1 is 1.88 bits per heavy atom. The van der Waals surface area contributed by atoms with Crippen LogP contribution in [0.25, 0.3) is 0 Å². The SMILES string of the molecule is O=[N+]([O-])n1[c]ccn1. The molecule has 0 saturated carbocycles. The van der Waals surface area contributed by atoms with Gasteiger partial charge in [-0.05, 0) is 0 Å². The van der Waals surface area contributed by atoms with Gasteiger partial charge in [-0.2, -0.15) is 0 Å². The molecule has 0 saturated heterocycles. The van der Waals surface area contributed by atoms with Crippen molar-refractivity contribution in [2.45, 2.75) is 0 Å². The largest absolute Gasteiger partial charge is 0.339 e. The maximum absolute atomic E-state index is 9.74. The molecule has 0 aliphatic carbocycles. The summed E-state index contributed by atoms with van der Waals surface area (Å²) in [7, 11) is 0. The monoisotopic (exact) mass is 112 g/mol. The Labute approximate surface area is 44.7 Å². The molecule has 1 aromatic heterocycles. The molecular weight excluding hydrogens is 110 g/mol. The molecule has 0 aliphatic heterocycles. The third-order valence-corrected chi connectivity index (χ3v) is 0.595. The van der Waals surface area contributed by atoms with Gasteiger partial charge in [0, 0.05) is 16.0 Å². The summed E-state index contributed by atoms with van der Waals surface area (Å²) in [6.45, 7) is 0. The lowest BCUT2D eigenvalue weighted by Gasteiger charge is -1.84. The van der Waals surface area contributed by atoms with Crippen LogP contribution in [-0.4, -0.2) is 14.9 Å². The van der Waals surface area contributed by atoms with Crippen LogP contribution in [0.15, 0.2) is 12.3 Å². The smallest absolute Gasteiger partial charge is 0.168 e. The maximum atomic E-state index is 9.74. The number of nitro groups is 1. The lowest BCUT2D eigenvalue weighted by atomic mass is 10.8. The summed E-state index contributed by atoms with van der Waals surface area (Å²) in [4.78, 5) is 10.3. The van der Waals surface area contributed by atoms with Crippen LogP contribution in [-0.2, 0) is 0 Å². The van der Waals surface area contributed by atoms with E-state index in [1.807, 2.05) is 0 Å². The van der Waals surface area contributed by atoms with E-state index >= 15 is 0 Å². The van der Waals surface area contributed by atoms with E-state index in [0.717, 1.165) is 0 Å². The third-order valence-electron chi connectivity index (χ3n) is 0.595. The van der Waals surface area contributed by atoms with Crippen molar-refractivity contribution in [1.29, 1.82) is 0 Å². The zero-order valence-corrected chi connectivity index (χ0v) is 3.81. The highest BCUT2D eigenvalue weighted by atomic mass is 16.7. The number of hydrogen-bond donors (Lipinski definition) is 0. The molecule has 0 fully saturated rings. The standard InChI is InChI=1S/C3H2N3O2/c7-6(8)5-3-1-2-4-5/h1-2H. The molecule has 0 unspecified atom stereocenters. The highest BCUT2D eigenvalue weighted by Crippen LogP contribution is 1.78. The molecule has 5 heteroatoms. The van der Waals surface area contributed by atoms with Gasteiger partial charge in [-0.3, -0.25) is 0 Å². The maximum Gasteiger partial charge on any atom is 0.168 e. The Kier molecular flexibility index (Phi) is 0.957. The Bertz CT molecular complexity index is 180. The Morgan fingerprint density at radius 2 is 2.62 bits per heavy atom. The summed E-state index contributed by atoms with van der Waals surface area (Å²) in [6, 6.07) is 1.36. The molecule has 0 aliphatic rings. The number of rotatable bonds is 1. The summed E-state index contributed by atoms with van der Waals surface area (Å²) >= 11 is 0. The first-order chi connectivity index (χ1) is 3.80. The Hall–Kier alpha value is -1.39. The second kappa shape index (κ2) is 1.61. The zero-order chi connectivity index (χ0) is 5.98. The van der Waals surface area contributed by atoms with Crippen molar-refractivity contribution in [3.8, 4) is 0 Å². The van der Waals surface area contributed by atoms with Gasteiger partial charge in [-0.1, -0.05) is 0 Å². The molecule has 5 nitrogen and oxygen atoms in total. The number of hydrogen-bond acceptors (Lipinski definition) is 3. The fourth-order valence-electron chi connectivity index (χ4n) is 0.319. The van der Waals surface area contributed by atoms with E-state index in [1.165, 1.54) is 12.3 Å². The molecule has 0 spiro atoms. The van der Waals surface area contributed by atoms with Gasteiger partial charge in [0.25, 0.3) is 0 Å². The molecule has 1 radical (unpaired) electrons. The van der Waals surface area contributed by atoms with Crippen molar-refractivity contribution in [2.24, 2.45) is 0 Å². The second-order valence-corrected chi connectivity index (χ2v) is 1.09. The first kappa shape index (κ1) is 4.76. The number of nitrogens with zero attached hydrogens (tertiary/aromatic N) is 3. The summed E-state index contributed by atoms with van der Waals surface area (Å²) < 4.78 is 0. The fraction of sp³-hybridized carbons (Fsp3) is 0. The van der Waals surface area contributed by atoms with Gasteiger partial charge in [0.05, 0.1) is 5.03 Å². The minimum absolute atomic E-state index is 0.514. The molecule has 0 atom stereocenters. The second-order valence-electron chi connectivity index (χ2n) is 1.09. The first-order valence-corrected chi connectivity index (χ1v) is 1.87. The Morgan fingerprint density at radius 3 is 2.88 bits per heavy atom. The number of aromatic nitrogens is 2. The van der Waals surface area contributed by atoms with Gasteiger partial charge < -0.3 is 10.1 Å². The highest BCUT2D eigenvalue weighted by molar-refractivity contribution is 4.71. The van der Waals surface area contributed by atoms with Crippen molar-refractivity contribution < 1.29 is 5.03 Å². The average molecular weight is 112 g/mol. The van der Waals surface area contributed by atoms with Gasteiger partial charge in [-0.25, -0.2) is 0 Å². The van der Waals surface area contributed by atoms with Crippen molar-refractivity contribution in [3.05, 3.63) is 28.6 Å². The predicted octanol–water partition coefficient (Wildman–Crippen LogP) is -0.277. The van der Waals surface area contributed by atoms with Crippen LogP contribution in [0.5, 0.6) is 0 Å². The van der Waals surface area contributed by atoms with Crippen molar-refractivity contribution in [2.75, 3.05) is 0 Å². The van der Waals surface area contributed by atoms with E-state index in [4.69, 9.17) is 0 Å². The van der Waals surface area contributed by atoms with E-state index in [1.54, 1.807) is 0 Å². The van der Waals surface area contributed by atoms with Gasteiger partial charge in [0.2, 0.25) is 0 Å². The third kappa shape index (κ3) is 0.651. The normalized spacial score (nSPS) is 9.00. The zero-order valence-electron chi connectivity index (χ0n) is 3.81. The van der Waals surface area contributed by atoms with Crippen LogP contribution >= 0.6 is 0 Å². The molecule has 0 bridgehead atoms. The van der Waals surface area contributed by atoms with Crippen LogP contribution in [0.2, 0.25) is 0 Å². The van der Waals surface area contributed by atoms with Crippen molar-refractivity contribution in [1.82, 2.24) is 9.89 Å². The van der Waals surface area contributed by atoms with Crippen molar-refractivity contribution in [3.63, 3.8) is 0 Å². The quantitative estimate of drug-likeness (QED) is 0.371. The summed E-state index contributed by atoms with van der Waals surface area (Å²) in [5.74, 6) is 0. The molecule has 1 aromatic rings. The van der Waals surface area contributed by atoms with Crippen molar-refractivity contribution >= 4 is 0 Å². The van der Waals surface area contributed by atoms with Crippen LogP contribution in [0.4, 0.5) is 0 Å². The Balaban J connectivity index is 2.93. The minimum atomic E-state index is -0.667. The van der Waals surface area contributed by atoms with E-state index in [2.05, 4.69) is 11.3 Å². The lowest BCUT2D eigenvalue weighted by Crippen LogP contribution is -2.08. The van der Waals surface area contributed by atoms with Gasteiger partial charge >= 0.3 is 0 Å². The van der Waals surface area contributed by atoms with Gasteiger partial charge in [0.1, 0.15) is 0 Å². The van der Waals surface area contributed by atoms with Gasteiger partial charge in [0.15, 0.2) is 12.4 Å². The summed E-state index contributed by atoms with van der Waals surface area (Å²) in [6.07, 6.45) is 3.54. The van der Waals surface area contributed by atoms with Crippen LogP contribution < -0.4 is 0 Å². The molecule has 0 N–H and O–H groups in total. The summed E-state index contributed by atoms with van der Waals surface area (Å²) in [5.41, 5.74) is 0. The van der Waals surface area contributed by atoms with Gasteiger partial charge in [-0.15, -0.1) is 0 Å². The lowest BCUT2D eigenvalue weighted by molar-refractivity contribution is -0.553. The molecular formula is C3H2N3O2. The van der Waals surface area contributed by atoms with Crippen LogP contribution in [0.3, 0.4) is 0 Å².